The molecule has 0 aliphatic heterocycles. The highest BCUT2D eigenvalue weighted by atomic mass is 16.5. The van der Waals surface area contributed by atoms with Crippen molar-refractivity contribution in [2.24, 2.45) is 0 Å². The number of carbonyl (C=O) groups is 1. The Hall–Kier alpha value is -1.49. The smallest absolute Gasteiger partial charge is 0.341 e. The SMILES string of the molecule is CCCc1nc(CCN(C)C)ncc1C(=O)OCC. The molecule has 5 nitrogen and oxygen atoms in total. The van der Waals surface area contributed by atoms with Gasteiger partial charge in [-0.3, -0.25) is 0 Å². The fourth-order valence-electron chi connectivity index (χ4n) is 1.71. The molecule has 0 unspecified atom stereocenters. The van der Waals surface area contributed by atoms with Gasteiger partial charge in [0.2, 0.25) is 0 Å². The van der Waals surface area contributed by atoms with Crippen molar-refractivity contribution in [3.05, 3.63) is 23.3 Å². The number of hydrogen-bond donors (Lipinski definition) is 0. The predicted octanol–water partition coefficient (Wildman–Crippen LogP) is 1.71. The maximum atomic E-state index is 11.8. The number of rotatable bonds is 7. The van der Waals surface area contributed by atoms with E-state index < -0.39 is 0 Å². The zero-order valence-corrected chi connectivity index (χ0v) is 12.3. The first-order valence-electron chi connectivity index (χ1n) is 6.75. The van der Waals surface area contributed by atoms with E-state index in [1.165, 1.54) is 0 Å². The molecule has 106 valence electrons. The average molecular weight is 265 g/mol. The summed E-state index contributed by atoms with van der Waals surface area (Å²) in [6.07, 6.45) is 4.09. The van der Waals surface area contributed by atoms with Crippen molar-refractivity contribution in [3.63, 3.8) is 0 Å². The van der Waals surface area contributed by atoms with Gasteiger partial charge in [-0.2, -0.15) is 0 Å². The maximum Gasteiger partial charge on any atom is 0.341 e. The highest BCUT2D eigenvalue weighted by molar-refractivity contribution is 5.90. The van der Waals surface area contributed by atoms with E-state index in [-0.39, 0.29) is 5.97 Å². The molecule has 19 heavy (non-hydrogen) atoms. The number of likely N-dealkylation sites (N-methyl/N-ethyl adjacent to an activating group) is 1. The van der Waals surface area contributed by atoms with Gasteiger partial charge >= 0.3 is 5.97 Å². The van der Waals surface area contributed by atoms with Crippen molar-refractivity contribution in [2.45, 2.75) is 33.1 Å². The summed E-state index contributed by atoms with van der Waals surface area (Å²) >= 11 is 0. The summed E-state index contributed by atoms with van der Waals surface area (Å²) in [6, 6.07) is 0. The van der Waals surface area contributed by atoms with Crippen LogP contribution >= 0.6 is 0 Å². The second kappa shape index (κ2) is 7.84. The van der Waals surface area contributed by atoms with Crippen LogP contribution in [0, 0.1) is 0 Å². The Bertz CT molecular complexity index is 419. The number of aromatic nitrogens is 2. The molecule has 1 rings (SSSR count). The molecule has 0 aromatic carbocycles. The zero-order valence-electron chi connectivity index (χ0n) is 12.3. The third-order valence-corrected chi connectivity index (χ3v) is 2.68. The summed E-state index contributed by atoms with van der Waals surface area (Å²) in [6.45, 7) is 5.12. The lowest BCUT2D eigenvalue weighted by atomic mass is 10.1. The molecule has 0 spiro atoms. The minimum absolute atomic E-state index is 0.329. The zero-order chi connectivity index (χ0) is 14.3. The quantitative estimate of drug-likeness (QED) is 0.702. The topological polar surface area (TPSA) is 55.3 Å². The molecule has 0 saturated heterocycles. The van der Waals surface area contributed by atoms with Gasteiger partial charge < -0.3 is 9.64 Å². The van der Waals surface area contributed by atoms with Gasteiger partial charge in [-0.25, -0.2) is 14.8 Å². The molecule has 1 aromatic rings. The molecule has 0 fully saturated rings. The summed E-state index contributed by atoms with van der Waals surface area (Å²) in [5.41, 5.74) is 1.29. The van der Waals surface area contributed by atoms with Gasteiger partial charge in [-0.05, 0) is 27.4 Å². The van der Waals surface area contributed by atoms with Crippen molar-refractivity contribution in [3.8, 4) is 0 Å². The lowest BCUT2D eigenvalue weighted by Crippen LogP contribution is -2.18. The third kappa shape index (κ3) is 4.95. The molecule has 1 heterocycles. The Morgan fingerprint density at radius 1 is 1.32 bits per heavy atom. The third-order valence-electron chi connectivity index (χ3n) is 2.68. The monoisotopic (exact) mass is 265 g/mol. The van der Waals surface area contributed by atoms with E-state index in [0.29, 0.717) is 12.2 Å². The van der Waals surface area contributed by atoms with Crippen molar-refractivity contribution in [1.82, 2.24) is 14.9 Å². The Balaban J connectivity index is 2.90. The molecule has 0 amide bonds. The van der Waals surface area contributed by atoms with Crippen LogP contribution in [-0.2, 0) is 17.6 Å². The van der Waals surface area contributed by atoms with Crippen LogP contribution in [0.1, 0.15) is 42.1 Å². The minimum atomic E-state index is -0.329. The van der Waals surface area contributed by atoms with Crippen LogP contribution < -0.4 is 0 Å². The van der Waals surface area contributed by atoms with Crippen LogP contribution in [0.3, 0.4) is 0 Å². The lowest BCUT2D eigenvalue weighted by molar-refractivity contribution is 0.0524. The first-order valence-corrected chi connectivity index (χ1v) is 6.75. The molecule has 1 aromatic heterocycles. The molecule has 0 bridgehead atoms. The van der Waals surface area contributed by atoms with Crippen LogP contribution in [0.5, 0.6) is 0 Å². The largest absolute Gasteiger partial charge is 0.462 e. The van der Waals surface area contributed by atoms with Gasteiger partial charge in [0.25, 0.3) is 0 Å². The number of hydrogen-bond acceptors (Lipinski definition) is 5. The summed E-state index contributed by atoms with van der Waals surface area (Å²) in [4.78, 5) is 22.7. The Labute approximate surface area is 115 Å². The van der Waals surface area contributed by atoms with Crippen LogP contribution in [0.25, 0.3) is 0 Å². The van der Waals surface area contributed by atoms with Gasteiger partial charge in [-0.1, -0.05) is 13.3 Å². The maximum absolute atomic E-state index is 11.8. The molecule has 5 heteroatoms. The molecule has 0 radical (unpaired) electrons. The highest BCUT2D eigenvalue weighted by Crippen LogP contribution is 2.10. The first kappa shape index (κ1) is 15.6. The molecular formula is C14H23N3O2. The first-order chi connectivity index (χ1) is 9.08. The molecule has 0 aliphatic carbocycles. The Morgan fingerprint density at radius 2 is 2.05 bits per heavy atom. The van der Waals surface area contributed by atoms with Crippen molar-refractivity contribution in [2.75, 3.05) is 27.2 Å². The molecule has 0 N–H and O–H groups in total. The number of ether oxygens (including phenoxy) is 1. The van der Waals surface area contributed by atoms with Crippen LogP contribution in [0.15, 0.2) is 6.20 Å². The van der Waals surface area contributed by atoms with E-state index in [1.54, 1.807) is 13.1 Å². The van der Waals surface area contributed by atoms with Gasteiger partial charge in [0.05, 0.1) is 17.9 Å². The molecule has 0 aliphatic rings. The summed E-state index contributed by atoms with van der Waals surface area (Å²) in [5.74, 6) is 0.454. The van der Waals surface area contributed by atoms with Gasteiger partial charge in [0.15, 0.2) is 0 Å². The number of esters is 1. The van der Waals surface area contributed by atoms with E-state index in [9.17, 15) is 4.79 Å². The Kier molecular flexibility index (Phi) is 6.42. The predicted molar refractivity (Wildman–Crippen MR) is 74.2 cm³/mol. The second-order valence-corrected chi connectivity index (χ2v) is 4.67. The number of aryl methyl sites for hydroxylation is 1. The van der Waals surface area contributed by atoms with Gasteiger partial charge in [0, 0.05) is 19.2 Å². The Morgan fingerprint density at radius 3 is 2.63 bits per heavy atom. The second-order valence-electron chi connectivity index (χ2n) is 4.67. The van der Waals surface area contributed by atoms with E-state index in [2.05, 4.69) is 21.8 Å². The van der Waals surface area contributed by atoms with Crippen molar-refractivity contribution in [1.29, 1.82) is 0 Å². The normalized spacial score (nSPS) is 10.8. The van der Waals surface area contributed by atoms with E-state index in [0.717, 1.165) is 37.3 Å². The average Bonchev–Trinajstić information content (AvgIpc) is 2.37. The molecular weight excluding hydrogens is 242 g/mol. The van der Waals surface area contributed by atoms with Crippen LogP contribution in [0.4, 0.5) is 0 Å². The number of carbonyl (C=O) groups excluding carboxylic acids is 1. The van der Waals surface area contributed by atoms with Crippen LogP contribution in [-0.4, -0.2) is 48.1 Å². The summed E-state index contributed by atoms with van der Waals surface area (Å²) < 4.78 is 5.03. The highest BCUT2D eigenvalue weighted by Gasteiger charge is 2.15. The lowest BCUT2D eigenvalue weighted by Gasteiger charge is -2.11. The van der Waals surface area contributed by atoms with E-state index in [4.69, 9.17) is 4.74 Å². The van der Waals surface area contributed by atoms with E-state index >= 15 is 0 Å². The van der Waals surface area contributed by atoms with Gasteiger partial charge in [0.1, 0.15) is 5.82 Å². The molecule has 0 saturated carbocycles. The standard InChI is InChI=1S/C14H23N3O2/c1-5-7-12-11(14(18)19-6-2)10-15-13(16-12)8-9-17(3)4/h10H,5-9H2,1-4H3. The molecule has 0 atom stereocenters. The van der Waals surface area contributed by atoms with Gasteiger partial charge in [-0.15, -0.1) is 0 Å². The van der Waals surface area contributed by atoms with Crippen molar-refractivity contribution >= 4 is 5.97 Å². The summed E-state index contributed by atoms with van der Waals surface area (Å²) in [7, 11) is 4.03. The van der Waals surface area contributed by atoms with E-state index in [1.807, 2.05) is 14.1 Å². The van der Waals surface area contributed by atoms with Crippen molar-refractivity contribution < 1.29 is 9.53 Å². The fourth-order valence-corrected chi connectivity index (χ4v) is 1.71. The summed E-state index contributed by atoms with van der Waals surface area (Å²) in [5, 5.41) is 0. The minimum Gasteiger partial charge on any atom is -0.462 e. The number of nitrogens with zero attached hydrogens (tertiary/aromatic N) is 3. The fraction of sp³-hybridized carbons (Fsp3) is 0.643. The van der Waals surface area contributed by atoms with Crippen LogP contribution in [0.2, 0.25) is 0 Å².